The molecule has 31 heavy (non-hydrogen) atoms. The first-order valence-electron chi connectivity index (χ1n) is 9.46. The third kappa shape index (κ3) is 5.53. The highest BCUT2D eigenvalue weighted by Crippen LogP contribution is 2.33. The number of amides is 1. The van der Waals surface area contributed by atoms with Crippen LogP contribution in [0, 0.1) is 0 Å². The Bertz CT molecular complexity index is 1180. The molecule has 4 rings (SSSR count). The van der Waals surface area contributed by atoms with Gasteiger partial charge in [0.15, 0.2) is 17.2 Å². The average Bonchev–Trinajstić information content (AvgIpc) is 3.22. The van der Waals surface area contributed by atoms with Gasteiger partial charge in [0.05, 0.1) is 18.0 Å². The molecule has 160 valence electrons. The molecule has 0 atom stereocenters. The minimum absolute atomic E-state index is 0.111. The number of carbonyl (C=O) groups excluding carboxylic acids is 1. The van der Waals surface area contributed by atoms with Crippen LogP contribution >= 0.6 is 0 Å². The highest BCUT2D eigenvalue weighted by atomic mass is 32.2. The molecular weight excluding hydrogens is 420 g/mol. The average molecular weight is 440 g/mol. The summed E-state index contributed by atoms with van der Waals surface area (Å²) in [5.41, 5.74) is 0.963. The Morgan fingerprint density at radius 3 is 2.52 bits per heavy atom. The molecule has 0 bridgehead atoms. The van der Waals surface area contributed by atoms with Crippen LogP contribution in [0.25, 0.3) is 0 Å². The van der Waals surface area contributed by atoms with Gasteiger partial charge < -0.3 is 19.5 Å². The third-order valence-electron chi connectivity index (χ3n) is 4.38. The number of nitrogens with one attached hydrogen (secondary N) is 2. The number of anilines is 1. The van der Waals surface area contributed by atoms with Crippen molar-refractivity contribution in [1.82, 2.24) is 4.72 Å². The van der Waals surface area contributed by atoms with Crippen LogP contribution in [0.1, 0.15) is 5.56 Å². The molecule has 0 radical (unpaired) electrons. The van der Waals surface area contributed by atoms with Crippen molar-refractivity contribution < 1.29 is 27.4 Å². The van der Waals surface area contributed by atoms with Gasteiger partial charge in [0.25, 0.3) is 0 Å². The van der Waals surface area contributed by atoms with Crippen LogP contribution in [0.5, 0.6) is 23.0 Å². The largest absolute Gasteiger partial charge is 0.455 e. The Kier molecular flexibility index (Phi) is 6.06. The third-order valence-corrected chi connectivity index (χ3v) is 5.68. The van der Waals surface area contributed by atoms with Gasteiger partial charge in [0.2, 0.25) is 22.7 Å². The number of hydrogen-bond donors (Lipinski definition) is 2. The quantitative estimate of drug-likeness (QED) is 0.557. The predicted octanol–water partition coefficient (Wildman–Crippen LogP) is 3.27. The molecule has 1 amide bonds. The summed E-state index contributed by atoms with van der Waals surface area (Å²) in [5, 5.41) is 2.67. The predicted molar refractivity (Wildman–Crippen MR) is 115 cm³/mol. The zero-order chi connectivity index (χ0) is 21.7. The Morgan fingerprint density at radius 1 is 0.935 bits per heavy atom. The molecule has 0 fully saturated rings. The summed E-state index contributed by atoms with van der Waals surface area (Å²) in [6.07, 6.45) is 0. The molecule has 0 spiro atoms. The zero-order valence-corrected chi connectivity index (χ0v) is 17.2. The van der Waals surface area contributed by atoms with E-state index in [1.54, 1.807) is 54.6 Å². The lowest BCUT2D eigenvalue weighted by Gasteiger charge is -2.12. The van der Waals surface area contributed by atoms with Crippen molar-refractivity contribution >= 4 is 21.6 Å². The Labute approximate surface area is 179 Å². The van der Waals surface area contributed by atoms with E-state index in [1.165, 1.54) is 0 Å². The zero-order valence-electron chi connectivity index (χ0n) is 16.4. The molecule has 8 nitrogen and oxygen atoms in total. The monoisotopic (exact) mass is 440 g/mol. The number of benzene rings is 3. The molecule has 1 aliphatic rings. The van der Waals surface area contributed by atoms with E-state index < -0.39 is 22.5 Å². The first-order chi connectivity index (χ1) is 15.0. The van der Waals surface area contributed by atoms with Gasteiger partial charge in [-0.2, -0.15) is 0 Å². The molecule has 0 unspecified atom stereocenters. The van der Waals surface area contributed by atoms with E-state index >= 15 is 0 Å². The number of sulfonamides is 1. The summed E-state index contributed by atoms with van der Waals surface area (Å²) >= 11 is 0. The van der Waals surface area contributed by atoms with Crippen molar-refractivity contribution in [3.05, 3.63) is 78.4 Å². The fourth-order valence-corrected chi connectivity index (χ4v) is 4.02. The fourth-order valence-electron chi connectivity index (χ4n) is 2.95. The molecular formula is C22H20N2O6S. The molecule has 1 aliphatic heterocycles. The molecule has 3 aromatic carbocycles. The second-order valence-electron chi connectivity index (χ2n) is 6.73. The van der Waals surface area contributed by atoms with E-state index in [9.17, 15) is 13.2 Å². The summed E-state index contributed by atoms with van der Waals surface area (Å²) < 4.78 is 43.3. The van der Waals surface area contributed by atoms with Crippen molar-refractivity contribution in [2.75, 3.05) is 18.7 Å². The maximum atomic E-state index is 12.4. The second kappa shape index (κ2) is 9.07. The van der Waals surface area contributed by atoms with Crippen LogP contribution in [0.15, 0.2) is 72.8 Å². The molecule has 0 saturated heterocycles. The van der Waals surface area contributed by atoms with Gasteiger partial charge in [0, 0.05) is 0 Å². The number of fused-ring (bicyclic) bond motifs is 1. The lowest BCUT2D eigenvalue weighted by molar-refractivity contribution is -0.115. The smallest absolute Gasteiger partial charge is 0.239 e. The second-order valence-corrected chi connectivity index (χ2v) is 8.53. The summed E-state index contributed by atoms with van der Waals surface area (Å²) in [4.78, 5) is 12.3. The number of ether oxygens (including phenoxy) is 3. The van der Waals surface area contributed by atoms with Crippen molar-refractivity contribution in [2.45, 2.75) is 5.75 Å². The number of hydrogen-bond acceptors (Lipinski definition) is 6. The summed E-state index contributed by atoms with van der Waals surface area (Å²) in [6.45, 7) is -0.300. The van der Waals surface area contributed by atoms with Gasteiger partial charge in [-0.05, 0) is 42.0 Å². The first-order valence-corrected chi connectivity index (χ1v) is 11.1. The normalized spacial score (nSPS) is 12.4. The van der Waals surface area contributed by atoms with Crippen molar-refractivity contribution in [1.29, 1.82) is 0 Å². The number of rotatable bonds is 8. The SMILES string of the molecule is O=C(CNS(=O)(=O)Cc1ccc2c(c1)OCO2)Nc1ccccc1Oc1ccccc1. The maximum Gasteiger partial charge on any atom is 0.239 e. The first kappa shape index (κ1) is 20.7. The van der Waals surface area contributed by atoms with Gasteiger partial charge in [-0.15, -0.1) is 0 Å². The Balaban J connectivity index is 1.35. The molecule has 0 saturated carbocycles. The van der Waals surface area contributed by atoms with E-state index in [0.717, 1.165) is 0 Å². The van der Waals surface area contributed by atoms with Crippen molar-refractivity contribution in [3.63, 3.8) is 0 Å². The fraction of sp³-hybridized carbons (Fsp3) is 0.136. The molecule has 0 aromatic heterocycles. The van der Waals surface area contributed by atoms with Crippen LogP contribution in [-0.4, -0.2) is 27.7 Å². The Hall–Kier alpha value is -3.56. The van der Waals surface area contributed by atoms with E-state index in [1.807, 2.05) is 18.2 Å². The van der Waals surface area contributed by atoms with Crippen LogP contribution in [0.2, 0.25) is 0 Å². The van der Waals surface area contributed by atoms with E-state index in [-0.39, 0.29) is 12.5 Å². The molecule has 1 heterocycles. The van der Waals surface area contributed by atoms with Crippen LogP contribution in [-0.2, 0) is 20.6 Å². The highest BCUT2D eigenvalue weighted by molar-refractivity contribution is 7.88. The van der Waals surface area contributed by atoms with E-state index in [4.69, 9.17) is 14.2 Å². The van der Waals surface area contributed by atoms with Gasteiger partial charge >= 0.3 is 0 Å². The minimum Gasteiger partial charge on any atom is -0.455 e. The maximum absolute atomic E-state index is 12.4. The lowest BCUT2D eigenvalue weighted by atomic mass is 10.2. The van der Waals surface area contributed by atoms with Crippen LogP contribution < -0.4 is 24.2 Å². The topological polar surface area (TPSA) is 103 Å². The molecule has 9 heteroatoms. The molecule has 3 aromatic rings. The highest BCUT2D eigenvalue weighted by Gasteiger charge is 2.18. The minimum atomic E-state index is -3.74. The lowest BCUT2D eigenvalue weighted by Crippen LogP contribution is -2.33. The van der Waals surface area contributed by atoms with Gasteiger partial charge in [-0.1, -0.05) is 36.4 Å². The summed E-state index contributed by atoms with van der Waals surface area (Å²) in [7, 11) is -3.74. The van der Waals surface area contributed by atoms with Gasteiger partial charge in [-0.25, -0.2) is 13.1 Å². The standard InChI is InChI=1S/C22H20N2O6S/c25-22(24-18-8-4-5-9-19(18)30-17-6-2-1-3-7-17)13-23-31(26,27)14-16-10-11-20-21(12-16)29-15-28-20/h1-12,23H,13-15H2,(H,24,25). The molecule has 0 aliphatic carbocycles. The van der Waals surface area contributed by atoms with E-state index in [0.29, 0.717) is 34.2 Å². The van der Waals surface area contributed by atoms with Crippen LogP contribution in [0.3, 0.4) is 0 Å². The van der Waals surface area contributed by atoms with Crippen LogP contribution in [0.4, 0.5) is 5.69 Å². The van der Waals surface area contributed by atoms with Gasteiger partial charge in [0.1, 0.15) is 5.75 Å². The Morgan fingerprint density at radius 2 is 1.68 bits per heavy atom. The molecule has 2 N–H and O–H groups in total. The summed E-state index contributed by atoms with van der Waals surface area (Å²) in [6, 6.07) is 21.0. The van der Waals surface area contributed by atoms with Crippen molar-refractivity contribution in [3.8, 4) is 23.0 Å². The van der Waals surface area contributed by atoms with E-state index in [2.05, 4.69) is 10.0 Å². The van der Waals surface area contributed by atoms with Crippen molar-refractivity contribution in [2.24, 2.45) is 0 Å². The number of carbonyl (C=O) groups is 1. The number of para-hydroxylation sites is 3. The van der Waals surface area contributed by atoms with Gasteiger partial charge in [-0.3, -0.25) is 4.79 Å². The summed E-state index contributed by atoms with van der Waals surface area (Å²) in [5.74, 6) is 1.34.